The van der Waals surface area contributed by atoms with Gasteiger partial charge >= 0.3 is 6.09 Å². The number of hydrogen-bond acceptors (Lipinski definition) is 2. The van der Waals surface area contributed by atoms with E-state index in [1.54, 1.807) is 0 Å². The van der Waals surface area contributed by atoms with Crippen molar-refractivity contribution in [1.82, 2.24) is 4.90 Å². The molecule has 0 bridgehead atoms. The Morgan fingerprint density at radius 3 is 2.67 bits per heavy atom. The Balaban J connectivity index is 2.39. The van der Waals surface area contributed by atoms with E-state index in [4.69, 9.17) is 5.11 Å². The van der Waals surface area contributed by atoms with Crippen LogP contribution in [0.15, 0.2) is 0 Å². The topological polar surface area (TPSA) is 40.5 Å². The van der Waals surface area contributed by atoms with Crippen molar-refractivity contribution in [1.29, 1.82) is 0 Å². The summed E-state index contributed by atoms with van der Waals surface area (Å²) in [5.41, 5.74) is 0. The van der Waals surface area contributed by atoms with Crippen LogP contribution in [0.2, 0.25) is 0 Å². The van der Waals surface area contributed by atoms with Gasteiger partial charge in [-0.25, -0.2) is 4.79 Å². The molecule has 3 nitrogen and oxygen atoms in total. The molecule has 0 aromatic carbocycles. The van der Waals surface area contributed by atoms with Crippen LogP contribution in [-0.2, 0) is 0 Å². The third-order valence-corrected chi connectivity index (χ3v) is 1.86. The maximum absolute atomic E-state index is 10.2. The fourth-order valence-electron chi connectivity index (χ4n) is 0.916. The second kappa shape index (κ2) is 2.47. The molecule has 0 aromatic heterocycles. The van der Waals surface area contributed by atoms with E-state index in [-0.39, 0.29) is 5.25 Å². The number of amides is 1. The van der Waals surface area contributed by atoms with Crippen LogP contribution in [0.1, 0.15) is 6.42 Å². The maximum Gasteiger partial charge on any atom is 0.407 e. The highest BCUT2D eigenvalue weighted by Gasteiger charge is 2.22. The van der Waals surface area contributed by atoms with Gasteiger partial charge in [0, 0.05) is 18.3 Å². The molecule has 0 spiro atoms. The Morgan fingerprint density at radius 2 is 2.44 bits per heavy atom. The summed E-state index contributed by atoms with van der Waals surface area (Å²) in [5, 5.41) is 8.67. The molecule has 9 heavy (non-hydrogen) atoms. The molecule has 0 aromatic rings. The quantitative estimate of drug-likeness (QED) is 0.494. The first-order chi connectivity index (χ1) is 4.20. The van der Waals surface area contributed by atoms with Gasteiger partial charge in [0.1, 0.15) is 0 Å². The summed E-state index contributed by atoms with van der Waals surface area (Å²) in [6.45, 7) is 1.22. The lowest BCUT2D eigenvalue weighted by Crippen LogP contribution is -2.26. The zero-order valence-electron chi connectivity index (χ0n) is 4.95. The monoisotopic (exact) mass is 147 g/mol. The fraction of sp³-hybridized carbons (Fsp3) is 0.800. The van der Waals surface area contributed by atoms with E-state index >= 15 is 0 Å². The van der Waals surface area contributed by atoms with Crippen molar-refractivity contribution in [2.24, 2.45) is 0 Å². The van der Waals surface area contributed by atoms with Gasteiger partial charge in [-0.1, -0.05) is 0 Å². The molecule has 1 amide bonds. The molecule has 0 radical (unpaired) electrons. The summed E-state index contributed by atoms with van der Waals surface area (Å²) in [4.78, 5) is 11.6. The summed E-state index contributed by atoms with van der Waals surface area (Å²) in [7, 11) is 0. The minimum Gasteiger partial charge on any atom is -0.465 e. The largest absolute Gasteiger partial charge is 0.465 e. The van der Waals surface area contributed by atoms with E-state index in [2.05, 4.69) is 12.6 Å². The maximum atomic E-state index is 10.2. The number of likely N-dealkylation sites (tertiary alicyclic amines) is 1. The first-order valence-electron chi connectivity index (χ1n) is 2.86. The van der Waals surface area contributed by atoms with Crippen LogP contribution in [0.5, 0.6) is 0 Å². The molecule has 1 aliphatic heterocycles. The van der Waals surface area contributed by atoms with Gasteiger partial charge < -0.3 is 10.0 Å². The van der Waals surface area contributed by atoms with Crippen LogP contribution in [0.25, 0.3) is 0 Å². The van der Waals surface area contributed by atoms with Crippen LogP contribution in [0.3, 0.4) is 0 Å². The first-order valence-corrected chi connectivity index (χ1v) is 3.37. The van der Waals surface area contributed by atoms with Crippen LogP contribution in [0, 0.1) is 0 Å². The number of carbonyl (C=O) groups is 1. The third-order valence-electron chi connectivity index (χ3n) is 1.43. The van der Waals surface area contributed by atoms with E-state index in [1.165, 1.54) is 4.90 Å². The van der Waals surface area contributed by atoms with Gasteiger partial charge in [-0.05, 0) is 6.42 Å². The normalized spacial score (nSPS) is 26.8. The lowest BCUT2D eigenvalue weighted by molar-refractivity contribution is 0.156. The Morgan fingerprint density at radius 1 is 1.78 bits per heavy atom. The van der Waals surface area contributed by atoms with E-state index in [0.717, 1.165) is 6.42 Å². The van der Waals surface area contributed by atoms with Crippen molar-refractivity contribution in [2.75, 3.05) is 13.1 Å². The molecule has 1 fully saturated rings. The number of hydrogen-bond donors (Lipinski definition) is 2. The summed E-state index contributed by atoms with van der Waals surface area (Å²) in [6, 6.07) is 0. The van der Waals surface area contributed by atoms with Crippen molar-refractivity contribution in [3.8, 4) is 0 Å². The van der Waals surface area contributed by atoms with E-state index in [1.807, 2.05) is 0 Å². The zero-order valence-corrected chi connectivity index (χ0v) is 5.84. The molecule has 1 atom stereocenters. The fourth-order valence-corrected chi connectivity index (χ4v) is 1.23. The summed E-state index contributed by atoms with van der Waals surface area (Å²) >= 11 is 4.14. The van der Waals surface area contributed by atoms with Crippen molar-refractivity contribution >= 4 is 18.7 Å². The van der Waals surface area contributed by atoms with Gasteiger partial charge in [0.05, 0.1) is 0 Å². The van der Waals surface area contributed by atoms with Gasteiger partial charge in [0.15, 0.2) is 0 Å². The van der Waals surface area contributed by atoms with Crippen molar-refractivity contribution in [2.45, 2.75) is 11.7 Å². The Hall–Kier alpha value is -0.380. The SMILES string of the molecule is O=C(O)N1CC[C@H](S)C1. The molecule has 0 saturated carbocycles. The van der Waals surface area contributed by atoms with Crippen LogP contribution in [-0.4, -0.2) is 34.4 Å². The van der Waals surface area contributed by atoms with Crippen molar-refractivity contribution in [3.63, 3.8) is 0 Å². The summed E-state index contributed by atoms with van der Waals surface area (Å²) < 4.78 is 0. The smallest absolute Gasteiger partial charge is 0.407 e. The molecule has 52 valence electrons. The van der Waals surface area contributed by atoms with E-state index in [9.17, 15) is 4.79 Å². The number of nitrogens with zero attached hydrogens (tertiary/aromatic N) is 1. The molecule has 1 N–H and O–H groups in total. The second-order valence-electron chi connectivity index (χ2n) is 2.17. The van der Waals surface area contributed by atoms with Crippen LogP contribution >= 0.6 is 12.6 Å². The van der Waals surface area contributed by atoms with E-state index in [0.29, 0.717) is 13.1 Å². The molecule has 0 unspecified atom stereocenters. The zero-order chi connectivity index (χ0) is 6.85. The molecule has 1 rings (SSSR count). The van der Waals surface area contributed by atoms with E-state index < -0.39 is 6.09 Å². The number of carboxylic acid groups (broad SMARTS) is 1. The molecular weight excluding hydrogens is 138 g/mol. The number of rotatable bonds is 0. The Labute approximate surface area is 59.1 Å². The van der Waals surface area contributed by atoms with Gasteiger partial charge in [0.2, 0.25) is 0 Å². The average Bonchev–Trinajstić information content (AvgIpc) is 2.14. The summed E-state index contributed by atoms with van der Waals surface area (Å²) in [5.74, 6) is 0. The lowest BCUT2D eigenvalue weighted by Gasteiger charge is -2.08. The van der Waals surface area contributed by atoms with Gasteiger partial charge in [-0.15, -0.1) is 0 Å². The van der Waals surface area contributed by atoms with Crippen molar-refractivity contribution in [3.05, 3.63) is 0 Å². The minimum absolute atomic E-state index is 0.251. The highest BCUT2D eigenvalue weighted by Crippen LogP contribution is 2.13. The highest BCUT2D eigenvalue weighted by atomic mass is 32.1. The van der Waals surface area contributed by atoms with Gasteiger partial charge in [0.25, 0.3) is 0 Å². The molecule has 1 saturated heterocycles. The minimum atomic E-state index is -0.827. The molecule has 1 aliphatic rings. The van der Waals surface area contributed by atoms with Crippen LogP contribution in [0.4, 0.5) is 4.79 Å². The Bertz CT molecular complexity index is 128. The lowest BCUT2D eigenvalue weighted by atomic mass is 10.4. The predicted molar refractivity (Wildman–Crippen MR) is 37.0 cm³/mol. The molecule has 1 heterocycles. The van der Waals surface area contributed by atoms with Gasteiger partial charge in [-0.3, -0.25) is 0 Å². The molecule has 0 aliphatic carbocycles. The Kier molecular flexibility index (Phi) is 1.85. The average molecular weight is 147 g/mol. The molecular formula is C5H9NO2S. The van der Waals surface area contributed by atoms with Crippen molar-refractivity contribution < 1.29 is 9.90 Å². The third kappa shape index (κ3) is 1.51. The molecule has 4 heteroatoms. The first kappa shape index (κ1) is 6.74. The predicted octanol–water partition coefficient (Wildman–Crippen LogP) is 0.669. The standard InChI is InChI=1S/C5H9NO2S/c7-5(8)6-2-1-4(9)3-6/h4,9H,1-3H2,(H,7,8)/t4-/m0/s1. The second-order valence-corrected chi connectivity index (χ2v) is 2.90. The van der Waals surface area contributed by atoms with Crippen LogP contribution < -0.4 is 0 Å². The van der Waals surface area contributed by atoms with Gasteiger partial charge in [-0.2, -0.15) is 12.6 Å². The highest BCUT2D eigenvalue weighted by molar-refractivity contribution is 7.81. The summed E-state index contributed by atoms with van der Waals surface area (Å²) in [6.07, 6.45) is 0.0571. The number of thiol groups is 1.